The number of Topliss-reactive ketones (excluding diaryl/α,β-unsaturated/α-hetero) is 1. The molecule has 0 saturated carbocycles. The van der Waals surface area contributed by atoms with Gasteiger partial charge in [-0.05, 0) is 37.5 Å². The number of carbonyl (C=O) groups is 1. The van der Waals surface area contributed by atoms with Crippen LogP contribution in [0.4, 0.5) is 0 Å². The average molecular weight is 405 g/mol. The number of benzene rings is 2. The number of rotatable bonds is 7. The highest BCUT2D eigenvalue weighted by molar-refractivity contribution is 6.15. The molecule has 5 heteroatoms. The molecular weight excluding hydrogens is 378 g/mol. The van der Waals surface area contributed by atoms with Gasteiger partial charge in [-0.15, -0.1) is 0 Å². The van der Waals surface area contributed by atoms with E-state index < -0.39 is 0 Å². The number of carbonyl (C=O) groups excluding carboxylic acids is 1. The fourth-order valence-corrected chi connectivity index (χ4v) is 4.20. The van der Waals surface area contributed by atoms with Crippen LogP contribution in [0.15, 0.2) is 46.6 Å². The number of aryl methyl sites for hydroxylation is 1. The van der Waals surface area contributed by atoms with Gasteiger partial charge in [0.1, 0.15) is 23.6 Å². The summed E-state index contributed by atoms with van der Waals surface area (Å²) in [7, 11) is 0. The van der Waals surface area contributed by atoms with Crippen molar-refractivity contribution in [3.05, 3.63) is 64.6 Å². The molecule has 0 amide bonds. The lowest BCUT2D eigenvalue weighted by Crippen LogP contribution is -3.10. The maximum absolute atomic E-state index is 13.1. The minimum Gasteiger partial charge on any atom is -0.872 e. The maximum Gasteiger partial charge on any atom is 0.232 e. The van der Waals surface area contributed by atoms with Gasteiger partial charge >= 0.3 is 0 Å². The molecule has 0 fully saturated rings. The monoisotopic (exact) mass is 405 g/mol. The molecule has 3 aromatic rings. The Bertz CT molecular complexity index is 1090. The van der Waals surface area contributed by atoms with Crippen molar-refractivity contribution in [2.45, 2.75) is 40.2 Å². The van der Waals surface area contributed by atoms with E-state index in [1.165, 1.54) is 4.90 Å². The van der Waals surface area contributed by atoms with E-state index in [2.05, 4.69) is 13.8 Å². The summed E-state index contributed by atoms with van der Waals surface area (Å²) in [5, 5.41) is 13.8. The minimum absolute atomic E-state index is 0.0613. The van der Waals surface area contributed by atoms with Gasteiger partial charge in [0, 0.05) is 17.0 Å². The molecular formula is C25H27NO4. The topological polar surface area (TPSA) is 66.9 Å². The van der Waals surface area contributed by atoms with E-state index in [0.29, 0.717) is 34.7 Å². The molecule has 5 nitrogen and oxygen atoms in total. The van der Waals surface area contributed by atoms with Crippen molar-refractivity contribution < 1.29 is 24.0 Å². The van der Waals surface area contributed by atoms with Crippen LogP contribution in [0.5, 0.6) is 11.5 Å². The van der Waals surface area contributed by atoms with E-state index in [1.807, 2.05) is 30.3 Å². The molecule has 2 aromatic carbocycles. The van der Waals surface area contributed by atoms with Crippen LogP contribution < -0.4 is 14.7 Å². The zero-order valence-electron chi connectivity index (χ0n) is 17.7. The third kappa shape index (κ3) is 3.73. The van der Waals surface area contributed by atoms with Gasteiger partial charge in [-0.2, -0.15) is 0 Å². The molecule has 0 aliphatic carbocycles. The van der Waals surface area contributed by atoms with Crippen molar-refractivity contribution in [1.82, 2.24) is 0 Å². The average Bonchev–Trinajstić information content (AvgIpc) is 3.26. The molecule has 4 rings (SSSR count). The van der Waals surface area contributed by atoms with Crippen LogP contribution in [0.2, 0.25) is 0 Å². The van der Waals surface area contributed by atoms with Crippen LogP contribution in [-0.4, -0.2) is 18.9 Å². The van der Waals surface area contributed by atoms with Gasteiger partial charge in [0.2, 0.25) is 5.78 Å². The highest BCUT2D eigenvalue weighted by atomic mass is 16.5. The number of hydrogen-bond acceptors (Lipinski definition) is 4. The van der Waals surface area contributed by atoms with Gasteiger partial charge in [0.15, 0.2) is 5.76 Å². The number of ether oxygens (including phenoxy) is 1. The summed E-state index contributed by atoms with van der Waals surface area (Å²) in [6.07, 6.45) is 3.70. The van der Waals surface area contributed by atoms with E-state index in [1.54, 1.807) is 19.1 Å². The standard InChI is InChI=1S/C25H27NO4/c1-4-10-26(11-5-2)15-19-20(27)12-16(3)23-24(28)22(30-25(19)23)14-18-13-17-8-6-7-9-21(17)29-18/h6-9,12-14,27H,4-5,10-11,15H2,1-3H3/b22-14+. The summed E-state index contributed by atoms with van der Waals surface area (Å²) in [4.78, 5) is 14.4. The molecule has 30 heavy (non-hydrogen) atoms. The first kappa shape index (κ1) is 20.2. The second kappa shape index (κ2) is 8.36. The highest BCUT2D eigenvalue weighted by Gasteiger charge is 2.33. The fraction of sp³-hybridized carbons (Fsp3) is 0.320. The third-order valence-electron chi connectivity index (χ3n) is 5.56. The Morgan fingerprint density at radius 1 is 1.10 bits per heavy atom. The first-order valence-corrected chi connectivity index (χ1v) is 10.6. The zero-order valence-corrected chi connectivity index (χ0v) is 17.7. The van der Waals surface area contributed by atoms with Crippen molar-refractivity contribution in [2.75, 3.05) is 13.1 Å². The number of hydrogen-bond donors (Lipinski definition) is 1. The molecule has 156 valence electrons. The van der Waals surface area contributed by atoms with Gasteiger partial charge in [0.05, 0.1) is 18.7 Å². The van der Waals surface area contributed by atoms with Crippen LogP contribution in [0, 0.1) is 6.92 Å². The normalized spacial score (nSPS) is 14.7. The summed E-state index contributed by atoms with van der Waals surface area (Å²) >= 11 is 0. The number of quaternary nitrogens is 1. The number of fused-ring (bicyclic) bond motifs is 2. The zero-order chi connectivity index (χ0) is 21.3. The SMILES string of the molecule is CCC[NH+](CCC)Cc1c([O-])cc(C)c2c1O/C(=C/c1cc3ccccc3o1)C2=O. The number of furan rings is 1. The summed E-state index contributed by atoms with van der Waals surface area (Å²) in [6.45, 7) is 8.59. The Balaban J connectivity index is 1.71. The van der Waals surface area contributed by atoms with Crippen LogP contribution in [0.3, 0.4) is 0 Å². The number of allylic oxidation sites excluding steroid dienone is 1. The third-order valence-corrected chi connectivity index (χ3v) is 5.56. The molecule has 1 aliphatic heterocycles. The van der Waals surface area contributed by atoms with Crippen molar-refractivity contribution in [3.63, 3.8) is 0 Å². The summed E-state index contributed by atoms with van der Waals surface area (Å²) in [6, 6.07) is 11.1. The second-order valence-corrected chi connectivity index (χ2v) is 7.93. The Morgan fingerprint density at radius 2 is 1.83 bits per heavy atom. The smallest absolute Gasteiger partial charge is 0.232 e. The quantitative estimate of drug-likeness (QED) is 0.610. The van der Waals surface area contributed by atoms with Crippen LogP contribution >= 0.6 is 0 Å². The lowest BCUT2D eigenvalue weighted by molar-refractivity contribution is -0.914. The number of para-hydroxylation sites is 1. The fourth-order valence-electron chi connectivity index (χ4n) is 4.20. The maximum atomic E-state index is 13.1. The molecule has 0 unspecified atom stereocenters. The van der Waals surface area contributed by atoms with Crippen molar-refractivity contribution in [2.24, 2.45) is 0 Å². The first-order chi connectivity index (χ1) is 14.5. The number of ketones is 1. The van der Waals surface area contributed by atoms with Gasteiger partial charge in [-0.25, -0.2) is 0 Å². The van der Waals surface area contributed by atoms with Gasteiger partial charge in [-0.1, -0.05) is 43.9 Å². The predicted octanol–water partition coefficient (Wildman–Crippen LogP) is 3.64. The van der Waals surface area contributed by atoms with Crippen molar-refractivity contribution >= 4 is 22.8 Å². The van der Waals surface area contributed by atoms with Gasteiger partial charge in [0.25, 0.3) is 0 Å². The van der Waals surface area contributed by atoms with E-state index in [4.69, 9.17) is 9.15 Å². The van der Waals surface area contributed by atoms with Crippen molar-refractivity contribution in [3.8, 4) is 11.5 Å². The summed E-state index contributed by atoms with van der Waals surface area (Å²) in [5.74, 6) is 0.923. The van der Waals surface area contributed by atoms with Gasteiger partial charge < -0.3 is 19.2 Å². The Labute approximate surface area is 176 Å². The van der Waals surface area contributed by atoms with Crippen LogP contribution in [0.1, 0.15) is 53.9 Å². The first-order valence-electron chi connectivity index (χ1n) is 10.6. The lowest BCUT2D eigenvalue weighted by Gasteiger charge is -2.23. The Hall–Kier alpha value is -3.05. The molecule has 0 bridgehead atoms. The lowest BCUT2D eigenvalue weighted by atomic mass is 9.99. The van der Waals surface area contributed by atoms with E-state index in [0.717, 1.165) is 36.9 Å². The van der Waals surface area contributed by atoms with E-state index in [9.17, 15) is 9.90 Å². The molecule has 2 heterocycles. The van der Waals surface area contributed by atoms with Crippen LogP contribution in [0.25, 0.3) is 17.0 Å². The Morgan fingerprint density at radius 3 is 2.53 bits per heavy atom. The van der Waals surface area contributed by atoms with Gasteiger partial charge in [-0.3, -0.25) is 4.79 Å². The summed E-state index contributed by atoms with van der Waals surface area (Å²) < 4.78 is 11.8. The van der Waals surface area contributed by atoms with E-state index >= 15 is 0 Å². The molecule has 0 atom stereocenters. The predicted molar refractivity (Wildman–Crippen MR) is 115 cm³/mol. The molecule has 0 spiro atoms. The largest absolute Gasteiger partial charge is 0.872 e. The minimum atomic E-state index is -0.197. The summed E-state index contributed by atoms with van der Waals surface area (Å²) in [5.41, 5.74) is 2.50. The molecule has 1 aliphatic rings. The second-order valence-electron chi connectivity index (χ2n) is 7.93. The highest BCUT2D eigenvalue weighted by Crippen LogP contribution is 2.40. The Kier molecular flexibility index (Phi) is 5.64. The molecule has 0 saturated heterocycles. The van der Waals surface area contributed by atoms with Crippen molar-refractivity contribution in [1.29, 1.82) is 0 Å². The number of nitrogens with one attached hydrogen (secondary N) is 1. The molecule has 1 N–H and O–H groups in total. The van der Waals surface area contributed by atoms with Crippen LogP contribution in [-0.2, 0) is 6.54 Å². The van der Waals surface area contributed by atoms with E-state index in [-0.39, 0.29) is 17.3 Å². The molecule has 1 aromatic heterocycles. The molecule has 0 radical (unpaired) electrons.